The fourth-order valence-corrected chi connectivity index (χ4v) is 4.35. The molecular weight excluding hydrogens is 336 g/mol. The molecule has 24 heavy (non-hydrogen) atoms. The lowest BCUT2D eigenvalue weighted by Gasteiger charge is -2.10. The van der Waals surface area contributed by atoms with E-state index in [1.165, 1.54) is 15.3 Å². The van der Waals surface area contributed by atoms with Gasteiger partial charge in [-0.2, -0.15) is 0 Å². The molecule has 1 atom stereocenters. The molecule has 0 saturated carbocycles. The number of rotatable bonds is 3. The van der Waals surface area contributed by atoms with Gasteiger partial charge in [-0.25, -0.2) is 4.98 Å². The molecule has 4 heteroatoms. The summed E-state index contributed by atoms with van der Waals surface area (Å²) in [7, 11) is 0. The number of hydrogen-bond acceptors (Lipinski definition) is 2. The first kappa shape index (κ1) is 15.7. The second kappa shape index (κ2) is 6.58. The maximum Gasteiger partial charge on any atom is 0.147 e. The largest absolute Gasteiger partial charge is 0.341 e. The van der Waals surface area contributed by atoms with Crippen molar-refractivity contribution in [2.24, 2.45) is 0 Å². The van der Waals surface area contributed by atoms with Crippen LogP contribution in [0.2, 0.25) is 0 Å². The molecule has 0 fully saturated rings. The SMILES string of the molecule is Cc1[nH]c(-c2ccc(C3=CC=C(Cl)CC3)s2)nc1C1C=CC=CC1. The molecular formula is C20H19ClN2S. The third kappa shape index (κ3) is 3.06. The molecule has 0 amide bonds. The average Bonchev–Trinajstić information content (AvgIpc) is 3.23. The van der Waals surface area contributed by atoms with E-state index >= 15 is 0 Å². The number of H-pyrrole nitrogens is 1. The summed E-state index contributed by atoms with van der Waals surface area (Å²) in [6.07, 6.45) is 15.8. The Bertz CT molecular complexity index is 879. The molecule has 2 aromatic heterocycles. The lowest BCUT2D eigenvalue weighted by Crippen LogP contribution is -1.98. The maximum atomic E-state index is 6.06. The van der Waals surface area contributed by atoms with Gasteiger partial charge in [-0.05, 0) is 50.0 Å². The van der Waals surface area contributed by atoms with Gasteiger partial charge >= 0.3 is 0 Å². The van der Waals surface area contributed by atoms with Crippen molar-refractivity contribution in [1.29, 1.82) is 0 Å². The van der Waals surface area contributed by atoms with E-state index in [1.807, 2.05) is 6.08 Å². The van der Waals surface area contributed by atoms with E-state index in [4.69, 9.17) is 16.6 Å². The van der Waals surface area contributed by atoms with Crippen LogP contribution >= 0.6 is 22.9 Å². The highest BCUT2D eigenvalue weighted by molar-refractivity contribution is 7.16. The van der Waals surface area contributed by atoms with E-state index in [-0.39, 0.29) is 0 Å². The van der Waals surface area contributed by atoms with Crippen LogP contribution in [0.1, 0.15) is 41.4 Å². The zero-order chi connectivity index (χ0) is 16.5. The molecule has 4 rings (SSSR count). The van der Waals surface area contributed by atoms with Crippen LogP contribution in [0.5, 0.6) is 0 Å². The van der Waals surface area contributed by atoms with Crippen LogP contribution in [0.4, 0.5) is 0 Å². The minimum absolute atomic E-state index is 0.382. The molecule has 0 spiro atoms. The van der Waals surface area contributed by atoms with Crippen LogP contribution < -0.4 is 0 Å². The van der Waals surface area contributed by atoms with E-state index in [2.05, 4.69) is 54.4 Å². The Hall–Kier alpha value is -1.84. The highest BCUT2D eigenvalue weighted by Gasteiger charge is 2.18. The molecule has 2 nitrogen and oxygen atoms in total. The van der Waals surface area contributed by atoms with Crippen molar-refractivity contribution in [3.05, 3.63) is 69.9 Å². The number of nitrogens with one attached hydrogen (secondary N) is 1. The van der Waals surface area contributed by atoms with Crippen LogP contribution in [0, 0.1) is 6.92 Å². The van der Waals surface area contributed by atoms with E-state index in [0.29, 0.717) is 5.92 Å². The Kier molecular flexibility index (Phi) is 4.30. The summed E-state index contributed by atoms with van der Waals surface area (Å²) in [6.45, 7) is 2.11. The van der Waals surface area contributed by atoms with Gasteiger partial charge in [0.2, 0.25) is 0 Å². The summed E-state index contributed by atoms with van der Waals surface area (Å²) in [5.41, 5.74) is 3.68. The number of aryl methyl sites for hydroxylation is 1. The smallest absolute Gasteiger partial charge is 0.147 e. The molecule has 0 radical (unpaired) electrons. The predicted molar refractivity (Wildman–Crippen MR) is 103 cm³/mol. The average molecular weight is 355 g/mol. The van der Waals surface area contributed by atoms with Crippen molar-refractivity contribution in [2.45, 2.75) is 32.1 Å². The number of halogens is 1. The number of aromatic amines is 1. The third-order valence-corrected chi connectivity index (χ3v) is 5.99. The summed E-state index contributed by atoms with van der Waals surface area (Å²) in [6, 6.07) is 4.36. The Balaban J connectivity index is 1.61. The monoisotopic (exact) mass is 354 g/mol. The van der Waals surface area contributed by atoms with Crippen molar-refractivity contribution in [2.75, 3.05) is 0 Å². The Morgan fingerprint density at radius 3 is 2.79 bits per heavy atom. The Morgan fingerprint density at radius 2 is 2.04 bits per heavy atom. The van der Waals surface area contributed by atoms with E-state index in [9.17, 15) is 0 Å². The summed E-state index contributed by atoms with van der Waals surface area (Å²) >= 11 is 7.86. The second-order valence-corrected chi connectivity index (χ2v) is 7.79. The van der Waals surface area contributed by atoms with Crippen LogP contribution in [0.3, 0.4) is 0 Å². The van der Waals surface area contributed by atoms with Gasteiger partial charge < -0.3 is 4.98 Å². The molecule has 1 N–H and O–H groups in total. The van der Waals surface area contributed by atoms with Crippen molar-refractivity contribution in [1.82, 2.24) is 9.97 Å². The number of allylic oxidation sites excluding steroid dienone is 8. The molecule has 0 saturated heterocycles. The van der Waals surface area contributed by atoms with E-state index in [0.717, 1.165) is 41.5 Å². The first-order valence-corrected chi connectivity index (χ1v) is 9.46. The van der Waals surface area contributed by atoms with Crippen LogP contribution in [0.25, 0.3) is 16.3 Å². The van der Waals surface area contributed by atoms with Crippen molar-refractivity contribution >= 4 is 28.5 Å². The minimum Gasteiger partial charge on any atom is -0.341 e. The Morgan fingerprint density at radius 1 is 1.17 bits per heavy atom. The number of imidazole rings is 1. The Labute approximate surface area is 151 Å². The summed E-state index contributed by atoms with van der Waals surface area (Å²) in [5, 5.41) is 0.941. The summed E-state index contributed by atoms with van der Waals surface area (Å²) in [5.74, 6) is 1.36. The van der Waals surface area contributed by atoms with Gasteiger partial charge in [0.25, 0.3) is 0 Å². The molecule has 122 valence electrons. The quantitative estimate of drug-likeness (QED) is 0.683. The lowest BCUT2D eigenvalue weighted by atomic mass is 9.96. The molecule has 2 heterocycles. The first-order valence-electron chi connectivity index (χ1n) is 8.26. The number of nitrogens with zero attached hydrogens (tertiary/aromatic N) is 1. The lowest BCUT2D eigenvalue weighted by molar-refractivity contribution is 0.815. The van der Waals surface area contributed by atoms with Gasteiger partial charge in [-0.15, -0.1) is 11.3 Å². The van der Waals surface area contributed by atoms with Gasteiger partial charge in [-0.1, -0.05) is 42.0 Å². The minimum atomic E-state index is 0.382. The van der Waals surface area contributed by atoms with Crippen LogP contribution in [0.15, 0.2) is 53.6 Å². The fraction of sp³-hybridized carbons (Fsp3) is 0.250. The van der Waals surface area contributed by atoms with E-state index < -0.39 is 0 Å². The van der Waals surface area contributed by atoms with Gasteiger partial charge in [0, 0.05) is 21.5 Å². The van der Waals surface area contributed by atoms with Crippen LogP contribution in [-0.2, 0) is 0 Å². The normalized spacial score (nSPS) is 20.2. The van der Waals surface area contributed by atoms with Crippen molar-refractivity contribution in [3.63, 3.8) is 0 Å². The predicted octanol–water partition coefficient (Wildman–Crippen LogP) is 6.35. The molecule has 2 aliphatic carbocycles. The zero-order valence-corrected chi connectivity index (χ0v) is 15.1. The highest BCUT2D eigenvalue weighted by atomic mass is 35.5. The van der Waals surface area contributed by atoms with Gasteiger partial charge in [0.1, 0.15) is 5.82 Å². The number of thiophene rings is 1. The molecule has 2 aromatic rings. The molecule has 0 aliphatic heterocycles. The van der Waals surface area contributed by atoms with Crippen molar-refractivity contribution < 1.29 is 0 Å². The molecule has 2 aliphatic rings. The fourth-order valence-electron chi connectivity index (χ4n) is 3.19. The first-order chi connectivity index (χ1) is 11.7. The maximum absolute atomic E-state index is 6.06. The van der Waals surface area contributed by atoms with Gasteiger partial charge in [0.05, 0.1) is 10.6 Å². The summed E-state index contributed by atoms with van der Waals surface area (Å²) in [4.78, 5) is 10.9. The van der Waals surface area contributed by atoms with Gasteiger partial charge in [0.15, 0.2) is 0 Å². The molecule has 0 bridgehead atoms. The number of hydrogen-bond donors (Lipinski definition) is 1. The third-order valence-electron chi connectivity index (χ3n) is 4.51. The van der Waals surface area contributed by atoms with Crippen molar-refractivity contribution in [3.8, 4) is 10.7 Å². The van der Waals surface area contributed by atoms with Crippen LogP contribution in [-0.4, -0.2) is 9.97 Å². The molecule has 1 unspecified atom stereocenters. The standard InChI is InChI=1S/C20H19ClN2S/c1-13-19(15-5-3-2-4-6-15)23-20(22-13)18-12-11-17(24-18)14-7-9-16(21)10-8-14/h2-5,7,9,11-12,15H,6,8,10H2,1H3,(H,22,23). The highest BCUT2D eigenvalue weighted by Crippen LogP contribution is 2.36. The summed E-state index contributed by atoms with van der Waals surface area (Å²) < 4.78 is 0. The second-order valence-electron chi connectivity index (χ2n) is 6.22. The number of aromatic nitrogens is 2. The molecule has 0 aromatic carbocycles. The zero-order valence-electron chi connectivity index (χ0n) is 13.6. The van der Waals surface area contributed by atoms with Gasteiger partial charge in [-0.3, -0.25) is 0 Å². The topological polar surface area (TPSA) is 28.7 Å². The van der Waals surface area contributed by atoms with E-state index in [1.54, 1.807) is 11.3 Å².